The van der Waals surface area contributed by atoms with Crippen LogP contribution in [-0.2, 0) is 9.53 Å². The molecule has 7 heteroatoms. The summed E-state index contributed by atoms with van der Waals surface area (Å²) in [7, 11) is 0. The van der Waals surface area contributed by atoms with Crippen LogP contribution in [0.1, 0.15) is 114 Å². The molecular formula is C23H37N3O4. The zero-order valence-electron chi connectivity index (χ0n) is 19.0. The fourth-order valence-electron chi connectivity index (χ4n) is 4.64. The Morgan fingerprint density at radius 3 is 2.47 bits per heavy atom. The summed E-state index contributed by atoms with van der Waals surface area (Å²) in [6.07, 6.45) is 6.03. The number of hydrogen-bond acceptors (Lipinski definition) is 6. The molecule has 0 aromatic carbocycles. The van der Waals surface area contributed by atoms with Crippen LogP contribution in [0.4, 0.5) is 0 Å². The van der Waals surface area contributed by atoms with Crippen molar-refractivity contribution in [1.29, 1.82) is 5.41 Å². The molecule has 3 N–H and O–H groups in total. The molecule has 0 unspecified atom stereocenters. The van der Waals surface area contributed by atoms with Gasteiger partial charge in [-0.2, -0.15) is 0 Å². The number of aromatic nitrogens is 1. The highest BCUT2D eigenvalue weighted by molar-refractivity contribution is 5.80. The quantitative estimate of drug-likeness (QED) is 0.218. The second kappa shape index (κ2) is 9.08. The number of ether oxygens (including phenoxy) is 1. The number of hydroxylamine groups is 1. The molecule has 2 saturated carbocycles. The monoisotopic (exact) mass is 419 g/mol. The fraction of sp³-hybridized carbons (Fsp3) is 0.783. The topological polar surface area (TPSA) is 108 Å². The molecule has 1 atom stereocenters. The zero-order chi connectivity index (χ0) is 22.1. The lowest BCUT2D eigenvalue weighted by Gasteiger charge is -2.35. The largest absolute Gasteiger partial charge is 0.460 e. The first kappa shape index (κ1) is 22.8. The Kier molecular flexibility index (Phi) is 6.90. The van der Waals surface area contributed by atoms with Crippen molar-refractivity contribution in [3.05, 3.63) is 17.0 Å². The van der Waals surface area contributed by atoms with Crippen LogP contribution in [-0.4, -0.2) is 27.8 Å². The molecule has 1 aromatic rings. The van der Waals surface area contributed by atoms with Gasteiger partial charge in [0.25, 0.3) is 0 Å². The van der Waals surface area contributed by atoms with E-state index in [9.17, 15) is 4.79 Å². The van der Waals surface area contributed by atoms with Crippen LogP contribution in [0, 0.1) is 17.2 Å². The van der Waals surface area contributed by atoms with Gasteiger partial charge in [-0.3, -0.25) is 20.9 Å². The highest BCUT2D eigenvalue weighted by Gasteiger charge is 2.42. The third-order valence-electron chi connectivity index (χ3n) is 5.99. The molecule has 7 nitrogen and oxygen atoms in total. The van der Waals surface area contributed by atoms with Crippen LogP contribution in [0.2, 0.25) is 0 Å². The van der Waals surface area contributed by atoms with Gasteiger partial charge in [0.15, 0.2) is 0 Å². The molecular weight excluding hydrogens is 382 g/mol. The predicted octanol–water partition coefficient (Wildman–Crippen LogP) is 5.25. The minimum atomic E-state index is -0.573. The molecule has 0 amide bonds. The summed E-state index contributed by atoms with van der Waals surface area (Å²) in [5.74, 6) is 2.56. The molecule has 2 aliphatic carbocycles. The number of carbonyl (C=O) groups excluding carboxylic acids is 1. The minimum Gasteiger partial charge on any atom is -0.460 e. The van der Waals surface area contributed by atoms with Crippen LogP contribution in [0.3, 0.4) is 0 Å². The van der Waals surface area contributed by atoms with Gasteiger partial charge in [0.05, 0.1) is 12.1 Å². The van der Waals surface area contributed by atoms with Gasteiger partial charge < -0.3 is 9.26 Å². The number of nitrogens with one attached hydrogen (secondary N) is 2. The van der Waals surface area contributed by atoms with Crippen molar-refractivity contribution in [1.82, 2.24) is 10.6 Å². The van der Waals surface area contributed by atoms with E-state index >= 15 is 0 Å². The molecule has 2 fully saturated rings. The van der Waals surface area contributed by atoms with E-state index in [0.29, 0.717) is 17.8 Å². The SMILES string of the molecule is CC(C)CC1CC(c2onc([C@@H](CC(=N)NO)CC(=O)OC(C)(C)C)c2C2CC2)C1. The Balaban J connectivity index is 1.80. The van der Waals surface area contributed by atoms with Gasteiger partial charge in [-0.1, -0.05) is 19.0 Å². The fourth-order valence-corrected chi connectivity index (χ4v) is 4.64. The lowest BCUT2D eigenvalue weighted by molar-refractivity contribution is -0.155. The number of amidine groups is 1. The lowest BCUT2D eigenvalue weighted by atomic mass is 9.69. The maximum atomic E-state index is 12.5. The first-order valence-corrected chi connectivity index (χ1v) is 11.3. The van der Waals surface area contributed by atoms with Gasteiger partial charge in [0.2, 0.25) is 0 Å². The third-order valence-corrected chi connectivity index (χ3v) is 5.99. The second-order valence-electron chi connectivity index (χ2n) is 10.6. The van der Waals surface area contributed by atoms with Gasteiger partial charge >= 0.3 is 5.97 Å². The van der Waals surface area contributed by atoms with Gasteiger partial charge in [0, 0.05) is 23.8 Å². The maximum Gasteiger partial charge on any atom is 0.306 e. The van der Waals surface area contributed by atoms with Crippen LogP contribution in [0.15, 0.2) is 4.52 Å². The molecule has 3 rings (SSSR count). The molecule has 0 bridgehead atoms. The summed E-state index contributed by atoms with van der Waals surface area (Å²) < 4.78 is 11.4. The molecule has 2 aliphatic rings. The first-order valence-electron chi connectivity index (χ1n) is 11.3. The van der Waals surface area contributed by atoms with E-state index in [4.69, 9.17) is 19.9 Å². The summed E-state index contributed by atoms with van der Waals surface area (Å²) in [6.45, 7) is 10.0. The average molecular weight is 420 g/mol. The molecule has 0 spiro atoms. The summed E-state index contributed by atoms with van der Waals surface area (Å²) in [5, 5.41) is 21.5. The average Bonchev–Trinajstić information content (AvgIpc) is 3.34. The molecule has 1 aromatic heterocycles. The third kappa shape index (κ3) is 5.84. The number of hydrogen-bond donors (Lipinski definition) is 3. The molecule has 0 aliphatic heterocycles. The van der Waals surface area contributed by atoms with Crippen molar-refractivity contribution >= 4 is 11.8 Å². The lowest BCUT2D eigenvalue weighted by Crippen LogP contribution is -2.27. The van der Waals surface area contributed by atoms with Crippen LogP contribution in [0.5, 0.6) is 0 Å². The van der Waals surface area contributed by atoms with Gasteiger partial charge in [-0.05, 0) is 70.6 Å². The minimum absolute atomic E-state index is 0.0458. The number of esters is 1. The molecule has 0 radical (unpaired) electrons. The van der Waals surface area contributed by atoms with Crippen molar-refractivity contribution < 1.29 is 19.3 Å². The Labute approximate surface area is 179 Å². The van der Waals surface area contributed by atoms with Gasteiger partial charge in [-0.15, -0.1) is 0 Å². The van der Waals surface area contributed by atoms with E-state index in [2.05, 4.69) is 19.0 Å². The number of rotatable bonds is 9. The summed E-state index contributed by atoms with van der Waals surface area (Å²) in [5.41, 5.74) is 3.25. The summed E-state index contributed by atoms with van der Waals surface area (Å²) in [4.78, 5) is 12.5. The van der Waals surface area contributed by atoms with Crippen molar-refractivity contribution in [2.75, 3.05) is 0 Å². The van der Waals surface area contributed by atoms with Crippen molar-refractivity contribution in [2.24, 2.45) is 11.8 Å². The van der Waals surface area contributed by atoms with Crippen molar-refractivity contribution in [2.45, 2.75) is 103 Å². The maximum absolute atomic E-state index is 12.5. The number of carbonyl (C=O) groups is 1. The van der Waals surface area contributed by atoms with Crippen LogP contribution >= 0.6 is 0 Å². The van der Waals surface area contributed by atoms with Crippen molar-refractivity contribution in [3.8, 4) is 0 Å². The normalized spacial score (nSPS) is 22.5. The molecule has 1 heterocycles. The highest BCUT2D eigenvalue weighted by atomic mass is 16.6. The molecule has 30 heavy (non-hydrogen) atoms. The van der Waals surface area contributed by atoms with Crippen molar-refractivity contribution in [3.63, 3.8) is 0 Å². The van der Waals surface area contributed by atoms with Gasteiger partial charge in [-0.25, -0.2) is 0 Å². The first-order chi connectivity index (χ1) is 14.1. The molecule has 168 valence electrons. The summed E-state index contributed by atoms with van der Waals surface area (Å²) in [6, 6.07) is 0. The molecule has 0 saturated heterocycles. The van der Waals surface area contributed by atoms with Crippen LogP contribution < -0.4 is 5.48 Å². The van der Waals surface area contributed by atoms with E-state index in [1.54, 1.807) is 0 Å². The smallest absolute Gasteiger partial charge is 0.306 e. The highest BCUT2D eigenvalue weighted by Crippen LogP contribution is 2.52. The summed E-state index contributed by atoms with van der Waals surface area (Å²) >= 11 is 0. The van der Waals surface area contributed by atoms with E-state index < -0.39 is 5.60 Å². The predicted molar refractivity (Wildman–Crippen MR) is 114 cm³/mol. The Morgan fingerprint density at radius 1 is 1.27 bits per heavy atom. The van der Waals surface area contributed by atoms with E-state index in [-0.39, 0.29) is 30.6 Å². The Morgan fingerprint density at radius 2 is 1.93 bits per heavy atom. The van der Waals surface area contributed by atoms with Gasteiger partial charge in [0.1, 0.15) is 17.2 Å². The van der Waals surface area contributed by atoms with E-state index in [1.165, 1.54) is 6.42 Å². The van der Waals surface area contributed by atoms with Crippen LogP contribution in [0.25, 0.3) is 0 Å². The number of nitrogens with zero attached hydrogens (tertiary/aromatic N) is 1. The zero-order valence-corrected chi connectivity index (χ0v) is 19.0. The van der Waals surface area contributed by atoms with E-state index in [1.807, 2.05) is 26.3 Å². The second-order valence-corrected chi connectivity index (χ2v) is 10.6. The standard InChI is InChI=1S/C23H37N3O4/c1-13(2)8-14-9-17(10-14)22-20(15-6-7-15)21(26-30-22)16(11-18(24)25-28)12-19(27)29-23(3,4)5/h13-17,28H,6-12H2,1-5H3,(H2,24,25)/t14?,16-,17?/m0/s1. The van der Waals surface area contributed by atoms with E-state index in [0.717, 1.165) is 48.6 Å². The Hall–Kier alpha value is -1.89. The Bertz CT molecular complexity index is 755.